The van der Waals surface area contributed by atoms with E-state index in [0.717, 1.165) is 29.8 Å². The summed E-state index contributed by atoms with van der Waals surface area (Å²) in [5.74, 6) is 0.285. The van der Waals surface area contributed by atoms with E-state index < -0.39 is 10.0 Å². The molecular weight excluding hydrogens is 324 g/mol. The Labute approximate surface area is 134 Å². The van der Waals surface area contributed by atoms with Crippen LogP contribution in [0.1, 0.15) is 19.3 Å². The van der Waals surface area contributed by atoms with Gasteiger partial charge < -0.3 is 10.1 Å². The van der Waals surface area contributed by atoms with Crippen LogP contribution >= 0.6 is 11.8 Å². The third-order valence-corrected chi connectivity index (χ3v) is 5.98. The molecule has 0 saturated carbocycles. The summed E-state index contributed by atoms with van der Waals surface area (Å²) in [6, 6.07) is 5.12. The van der Waals surface area contributed by atoms with Gasteiger partial charge in [0.1, 0.15) is 0 Å². The van der Waals surface area contributed by atoms with Crippen LogP contribution in [0, 0.1) is 0 Å². The molecule has 2 heterocycles. The molecule has 0 spiro atoms. The van der Waals surface area contributed by atoms with Gasteiger partial charge in [-0.15, -0.1) is 11.8 Å². The van der Waals surface area contributed by atoms with Gasteiger partial charge in [-0.1, -0.05) is 0 Å². The SMILES string of the molecule is O=C1CSc2cc(NS(=O)(=O)CC3CCCCO3)ccc2N1. The number of amides is 1. The predicted octanol–water partition coefficient (Wildman–Crippen LogP) is 2.04. The Balaban J connectivity index is 1.68. The lowest BCUT2D eigenvalue weighted by atomic mass is 10.1. The quantitative estimate of drug-likeness (QED) is 0.875. The van der Waals surface area contributed by atoms with Crippen LogP contribution in [-0.4, -0.2) is 38.5 Å². The number of rotatable bonds is 4. The van der Waals surface area contributed by atoms with Crippen LogP contribution in [0.4, 0.5) is 11.4 Å². The van der Waals surface area contributed by atoms with Crippen molar-refractivity contribution >= 4 is 39.1 Å². The van der Waals surface area contributed by atoms with Gasteiger partial charge in [-0.3, -0.25) is 9.52 Å². The van der Waals surface area contributed by atoms with E-state index in [9.17, 15) is 13.2 Å². The molecule has 1 aromatic rings. The highest BCUT2D eigenvalue weighted by atomic mass is 32.2. The van der Waals surface area contributed by atoms with Crippen LogP contribution in [0.3, 0.4) is 0 Å². The second-order valence-electron chi connectivity index (χ2n) is 5.42. The van der Waals surface area contributed by atoms with Gasteiger partial charge in [0, 0.05) is 17.2 Å². The maximum absolute atomic E-state index is 12.2. The molecule has 1 aromatic carbocycles. The van der Waals surface area contributed by atoms with E-state index in [0.29, 0.717) is 18.0 Å². The van der Waals surface area contributed by atoms with Crippen molar-refractivity contribution in [2.45, 2.75) is 30.3 Å². The molecule has 2 aliphatic rings. The number of anilines is 2. The Kier molecular flexibility index (Phi) is 4.60. The number of thioether (sulfide) groups is 1. The van der Waals surface area contributed by atoms with E-state index >= 15 is 0 Å². The second-order valence-corrected chi connectivity index (χ2v) is 8.20. The van der Waals surface area contributed by atoms with Crippen molar-refractivity contribution in [1.29, 1.82) is 0 Å². The number of carbonyl (C=O) groups is 1. The van der Waals surface area contributed by atoms with E-state index in [1.54, 1.807) is 18.2 Å². The third-order valence-electron chi connectivity index (χ3n) is 3.57. The number of sulfonamides is 1. The molecule has 2 aliphatic heterocycles. The largest absolute Gasteiger partial charge is 0.377 e. The minimum Gasteiger partial charge on any atom is -0.377 e. The lowest BCUT2D eigenvalue weighted by Gasteiger charge is -2.23. The zero-order chi connectivity index (χ0) is 15.6. The van der Waals surface area contributed by atoms with Crippen molar-refractivity contribution in [3.05, 3.63) is 18.2 Å². The van der Waals surface area contributed by atoms with Crippen molar-refractivity contribution in [3.63, 3.8) is 0 Å². The number of nitrogens with one attached hydrogen (secondary N) is 2. The van der Waals surface area contributed by atoms with Gasteiger partial charge in [-0.2, -0.15) is 0 Å². The Bertz CT molecular complexity index is 669. The molecule has 1 amide bonds. The third kappa shape index (κ3) is 3.93. The predicted molar refractivity (Wildman–Crippen MR) is 86.8 cm³/mol. The summed E-state index contributed by atoms with van der Waals surface area (Å²) < 4.78 is 32.5. The van der Waals surface area contributed by atoms with Crippen molar-refractivity contribution in [1.82, 2.24) is 0 Å². The standard InChI is InChI=1S/C14H18N2O4S2/c17-14-8-21-13-7-10(4-5-12(13)15-14)16-22(18,19)9-11-3-1-2-6-20-11/h4-5,7,11,16H,1-3,6,8-9H2,(H,15,17). The van der Waals surface area contributed by atoms with Crippen LogP contribution < -0.4 is 10.0 Å². The van der Waals surface area contributed by atoms with E-state index in [1.165, 1.54) is 11.8 Å². The second kappa shape index (κ2) is 6.47. The summed E-state index contributed by atoms with van der Waals surface area (Å²) >= 11 is 1.40. The highest BCUT2D eigenvalue weighted by molar-refractivity contribution is 8.00. The normalized spacial score (nSPS) is 21.8. The van der Waals surface area contributed by atoms with Gasteiger partial charge in [-0.25, -0.2) is 8.42 Å². The summed E-state index contributed by atoms with van der Waals surface area (Å²) in [7, 11) is -3.44. The van der Waals surface area contributed by atoms with E-state index in [4.69, 9.17) is 4.74 Å². The Morgan fingerprint density at radius 3 is 3.00 bits per heavy atom. The van der Waals surface area contributed by atoms with Gasteiger partial charge in [0.2, 0.25) is 15.9 Å². The molecule has 3 rings (SSSR count). The van der Waals surface area contributed by atoms with E-state index in [1.807, 2.05) is 0 Å². The number of ether oxygens (including phenoxy) is 1. The molecule has 0 radical (unpaired) electrons. The molecule has 0 bridgehead atoms. The van der Waals surface area contributed by atoms with Crippen LogP contribution in [0.2, 0.25) is 0 Å². The smallest absolute Gasteiger partial charge is 0.235 e. The summed E-state index contributed by atoms with van der Waals surface area (Å²) in [5, 5.41) is 2.76. The zero-order valence-corrected chi connectivity index (χ0v) is 13.6. The maximum Gasteiger partial charge on any atom is 0.235 e. The number of carbonyl (C=O) groups excluding carboxylic acids is 1. The Morgan fingerprint density at radius 2 is 2.23 bits per heavy atom. The molecule has 2 N–H and O–H groups in total. The Hall–Kier alpha value is -1.25. The highest BCUT2D eigenvalue weighted by Crippen LogP contribution is 2.33. The summed E-state index contributed by atoms with van der Waals surface area (Å²) in [6.07, 6.45) is 2.57. The monoisotopic (exact) mass is 342 g/mol. The molecule has 0 aromatic heterocycles. The molecule has 1 unspecified atom stereocenters. The number of hydrogen-bond acceptors (Lipinski definition) is 5. The molecule has 22 heavy (non-hydrogen) atoms. The van der Waals surface area contributed by atoms with Gasteiger partial charge in [0.15, 0.2) is 0 Å². The van der Waals surface area contributed by atoms with Crippen LogP contribution in [-0.2, 0) is 19.6 Å². The van der Waals surface area contributed by atoms with Crippen molar-refractivity contribution in [3.8, 4) is 0 Å². The molecule has 6 nitrogen and oxygen atoms in total. The minimum absolute atomic E-state index is 0.0199. The first-order chi connectivity index (χ1) is 10.5. The minimum atomic E-state index is -3.44. The van der Waals surface area contributed by atoms with Crippen molar-refractivity contribution in [2.75, 3.05) is 28.2 Å². The number of benzene rings is 1. The zero-order valence-electron chi connectivity index (χ0n) is 12.0. The Morgan fingerprint density at radius 1 is 1.36 bits per heavy atom. The van der Waals surface area contributed by atoms with E-state index in [-0.39, 0.29) is 17.8 Å². The average molecular weight is 342 g/mol. The molecule has 0 aliphatic carbocycles. The number of hydrogen-bond donors (Lipinski definition) is 2. The number of fused-ring (bicyclic) bond motifs is 1. The molecular formula is C14H18N2O4S2. The fourth-order valence-electron chi connectivity index (χ4n) is 2.54. The van der Waals surface area contributed by atoms with Crippen LogP contribution in [0.5, 0.6) is 0 Å². The van der Waals surface area contributed by atoms with Gasteiger partial charge >= 0.3 is 0 Å². The summed E-state index contributed by atoms with van der Waals surface area (Å²) in [6.45, 7) is 0.634. The topological polar surface area (TPSA) is 84.5 Å². The summed E-state index contributed by atoms with van der Waals surface area (Å²) in [4.78, 5) is 12.2. The average Bonchev–Trinajstić information content (AvgIpc) is 2.47. The van der Waals surface area contributed by atoms with Gasteiger partial charge in [-0.05, 0) is 37.5 Å². The molecule has 120 valence electrons. The molecule has 1 saturated heterocycles. The first kappa shape index (κ1) is 15.6. The lowest BCUT2D eigenvalue weighted by molar-refractivity contribution is -0.113. The molecule has 1 fully saturated rings. The highest BCUT2D eigenvalue weighted by Gasteiger charge is 2.23. The summed E-state index contributed by atoms with van der Waals surface area (Å²) in [5.41, 5.74) is 1.23. The fraction of sp³-hybridized carbons (Fsp3) is 0.500. The van der Waals surface area contributed by atoms with Crippen LogP contribution in [0.15, 0.2) is 23.1 Å². The lowest BCUT2D eigenvalue weighted by Crippen LogP contribution is -2.30. The molecule has 8 heteroatoms. The molecule has 1 atom stereocenters. The maximum atomic E-state index is 12.2. The van der Waals surface area contributed by atoms with Crippen molar-refractivity contribution in [2.24, 2.45) is 0 Å². The van der Waals surface area contributed by atoms with Crippen LogP contribution in [0.25, 0.3) is 0 Å². The van der Waals surface area contributed by atoms with Crippen molar-refractivity contribution < 1.29 is 17.9 Å². The first-order valence-electron chi connectivity index (χ1n) is 7.21. The first-order valence-corrected chi connectivity index (χ1v) is 9.84. The fourth-order valence-corrected chi connectivity index (χ4v) is 4.71. The van der Waals surface area contributed by atoms with Gasteiger partial charge in [0.25, 0.3) is 0 Å². The van der Waals surface area contributed by atoms with Gasteiger partial charge in [0.05, 0.1) is 23.3 Å². The van der Waals surface area contributed by atoms with E-state index in [2.05, 4.69) is 10.0 Å².